The third-order valence-corrected chi connectivity index (χ3v) is 4.18. The monoisotopic (exact) mass is 182 g/mol. The van der Waals surface area contributed by atoms with Crippen molar-refractivity contribution in [3.8, 4) is 0 Å². The lowest BCUT2D eigenvalue weighted by atomic mass is 9.62. The molecule has 2 aliphatic rings. The van der Waals surface area contributed by atoms with Gasteiger partial charge in [0.2, 0.25) is 0 Å². The minimum Gasteiger partial charge on any atom is -0.459 e. The topological polar surface area (TPSA) is 26.3 Å². The summed E-state index contributed by atoms with van der Waals surface area (Å²) in [6.45, 7) is 4.31. The second-order valence-electron chi connectivity index (χ2n) is 4.72. The zero-order valence-electron chi connectivity index (χ0n) is 8.56. The lowest BCUT2D eigenvalue weighted by Crippen LogP contribution is -2.44. The second-order valence-corrected chi connectivity index (χ2v) is 4.72. The van der Waals surface area contributed by atoms with E-state index in [1.54, 1.807) is 0 Å². The molecule has 1 saturated heterocycles. The molecule has 1 aliphatic heterocycles. The van der Waals surface area contributed by atoms with Crippen molar-refractivity contribution in [2.75, 3.05) is 0 Å². The third kappa shape index (κ3) is 1.11. The highest BCUT2D eigenvalue weighted by molar-refractivity contribution is 5.74. The molecule has 0 bridgehead atoms. The largest absolute Gasteiger partial charge is 0.459 e. The first-order valence-corrected chi connectivity index (χ1v) is 5.34. The molecule has 0 N–H and O–H groups in total. The molecule has 0 aromatic carbocycles. The molecule has 2 atom stereocenters. The van der Waals surface area contributed by atoms with Crippen LogP contribution in [0.4, 0.5) is 0 Å². The number of esters is 1. The minimum atomic E-state index is -0.142. The zero-order chi connectivity index (χ0) is 9.53. The summed E-state index contributed by atoms with van der Waals surface area (Å²) in [5, 5.41) is 0. The van der Waals surface area contributed by atoms with Gasteiger partial charge in [-0.3, -0.25) is 4.79 Å². The first-order valence-electron chi connectivity index (χ1n) is 5.34. The zero-order valence-corrected chi connectivity index (χ0v) is 8.56. The summed E-state index contributed by atoms with van der Waals surface area (Å²) >= 11 is 0. The van der Waals surface area contributed by atoms with Crippen LogP contribution in [-0.2, 0) is 9.53 Å². The van der Waals surface area contributed by atoms with Crippen LogP contribution in [0.5, 0.6) is 0 Å². The smallest absolute Gasteiger partial charge is 0.307 e. The first-order chi connectivity index (χ1) is 6.12. The number of fused-ring (bicyclic) bond motifs is 1. The summed E-state index contributed by atoms with van der Waals surface area (Å²) in [7, 11) is 0. The summed E-state index contributed by atoms with van der Waals surface area (Å²) < 4.78 is 5.51. The van der Waals surface area contributed by atoms with Crippen molar-refractivity contribution in [3.05, 3.63) is 0 Å². The van der Waals surface area contributed by atoms with Crippen molar-refractivity contribution in [1.29, 1.82) is 0 Å². The molecule has 1 saturated carbocycles. The SMILES string of the molecule is CC[C@]12CCCC[C@@]1(C)OC(=O)C2. The Morgan fingerprint density at radius 3 is 2.69 bits per heavy atom. The van der Waals surface area contributed by atoms with Crippen LogP contribution in [0.3, 0.4) is 0 Å². The third-order valence-electron chi connectivity index (χ3n) is 4.18. The molecule has 74 valence electrons. The van der Waals surface area contributed by atoms with E-state index in [1.807, 2.05) is 0 Å². The van der Waals surface area contributed by atoms with E-state index in [1.165, 1.54) is 19.3 Å². The standard InChI is InChI=1S/C11H18O2/c1-3-11-7-5-4-6-10(11,2)13-9(12)8-11/h3-8H2,1-2H3/t10-,11-/m1/s1. The van der Waals surface area contributed by atoms with Gasteiger partial charge in [-0.05, 0) is 32.6 Å². The molecule has 2 fully saturated rings. The molecule has 2 rings (SSSR count). The molecular formula is C11H18O2. The fraction of sp³-hybridized carbons (Fsp3) is 0.909. The van der Waals surface area contributed by atoms with E-state index >= 15 is 0 Å². The van der Waals surface area contributed by atoms with E-state index in [0.29, 0.717) is 6.42 Å². The van der Waals surface area contributed by atoms with Crippen molar-refractivity contribution in [3.63, 3.8) is 0 Å². The highest BCUT2D eigenvalue weighted by Gasteiger charge is 2.57. The van der Waals surface area contributed by atoms with Crippen LogP contribution in [0, 0.1) is 5.41 Å². The molecular weight excluding hydrogens is 164 g/mol. The average molecular weight is 182 g/mol. The quantitative estimate of drug-likeness (QED) is 0.583. The molecule has 0 amide bonds. The van der Waals surface area contributed by atoms with Gasteiger partial charge in [0, 0.05) is 5.41 Å². The number of ether oxygens (including phenoxy) is 1. The second kappa shape index (κ2) is 2.73. The van der Waals surface area contributed by atoms with Gasteiger partial charge in [0.1, 0.15) is 5.60 Å². The Hall–Kier alpha value is -0.530. The Labute approximate surface area is 79.7 Å². The number of rotatable bonds is 1. The van der Waals surface area contributed by atoms with E-state index in [0.717, 1.165) is 12.8 Å². The molecule has 0 aromatic rings. The van der Waals surface area contributed by atoms with E-state index in [2.05, 4.69) is 13.8 Å². The van der Waals surface area contributed by atoms with Crippen molar-refractivity contribution in [1.82, 2.24) is 0 Å². The average Bonchev–Trinajstić information content (AvgIpc) is 2.35. The maximum Gasteiger partial charge on any atom is 0.307 e. The van der Waals surface area contributed by atoms with Gasteiger partial charge in [-0.2, -0.15) is 0 Å². The van der Waals surface area contributed by atoms with E-state index < -0.39 is 0 Å². The Morgan fingerprint density at radius 2 is 2.08 bits per heavy atom. The summed E-state index contributed by atoms with van der Waals surface area (Å²) in [5.41, 5.74) is 0.0272. The van der Waals surface area contributed by atoms with Gasteiger partial charge in [0.25, 0.3) is 0 Å². The maximum atomic E-state index is 11.4. The van der Waals surface area contributed by atoms with Crippen LogP contribution >= 0.6 is 0 Å². The van der Waals surface area contributed by atoms with Crippen LogP contribution in [0.1, 0.15) is 52.4 Å². The fourth-order valence-electron chi connectivity index (χ4n) is 3.13. The molecule has 1 heterocycles. The Balaban J connectivity index is 2.32. The molecule has 2 nitrogen and oxygen atoms in total. The van der Waals surface area contributed by atoms with E-state index in [9.17, 15) is 4.79 Å². The van der Waals surface area contributed by atoms with Crippen LogP contribution in [0.2, 0.25) is 0 Å². The van der Waals surface area contributed by atoms with Gasteiger partial charge in [-0.25, -0.2) is 0 Å². The molecule has 1 aliphatic carbocycles. The summed E-state index contributed by atoms with van der Waals surface area (Å²) in [4.78, 5) is 11.4. The number of hydrogen-bond donors (Lipinski definition) is 0. The Bertz CT molecular complexity index is 236. The van der Waals surface area contributed by atoms with Crippen molar-refractivity contribution < 1.29 is 9.53 Å². The van der Waals surface area contributed by atoms with Crippen LogP contribution in [0.25, 0.3) is 0 Å². The van der Waals surface area contributed by atoms with Crippen LogP contribution in [0.15, 0.2) is 0 Å². The normalized spacial score (nSPS) is 44.3. The van der Waals surface area contributed by atoms with Crippen LogP contribution in [-0.4, -0.2) is 11.6 Å². The molecule has 0 aromatic heterocycles. The number of carbonyl (C=O) groups is 1. The Kier molecular flexibility index (Phi) is 1.90. The van der Waals surface area contributed by atoms with E-state index in [4.69, 9.17) is 4.74 Å². The lowest BCUT2D eigenvalue weighted by molar-refractivity contribution is -0.152. The van der Waals surface area contributed by atoms with Crippen molar-refractivity contribution in [2.45, 2.75) is 58.0 Å². The van der Waals surface area contributed by atoms with Crippen molar-refractivity contribution in [2.24, 2.45) is 5.41 Å². The van der Waals surface area contributed by atoms with Gasteiger partial charge in [0.05, 0.1) is 6.42 Å². The first kappa shape index (κ1) is 9.04. The predicted octanol–water partition coefficient (Wildman–Crippen LogP) is 2.66. The van der Waals surface area contributed by atoms with Crippen LogP contribution < -0.4 is 0 Å². The van der Waals surface area contributed by atoms with E-state index in [-0.39, 0.29) is 17.0 Å². The number of carbonyl (C=O) groups excluding carboxylic acids is 1. The maximum absolute atomic E-state index is 11.4. The summed E-state index contributed by atoms with van der Waals surface area (Å²) in [5.74, 6) is 0.0197. The predicted molar refractivity (Wildman–Crippen MR) is 50.3 cm³/mol. The number of hydrogen-bond acceptors (Lipinski definition) is 2. The van der Waals surface area contributed by atoms with Gasteiger partial charge in [-0.15, -0.1) is 0 Å². The van der Waals surface area contributed by atoms with Crippen molar-refractivity contribution >= 4 is 5.97 Å². The van der Waals surface area contributed by atoms with Gasteiger partial charge in [0.15, 0.2) is 0 Å². The highest BCUT2D eigenvalue weighted by Crippen LogP contribution is 2.55. The summed E-state index contributed by atoms with van der Waals surface area (Å²) in [6, 6.07) is 0. The van der Waals surface area contributed by atoms with Gasteiger partial charge < -0.3 is 4.74 Å². The van der Waals surface area contributed by atoms with Gasteiger partial charge in [-0.1, -0.05) is 13.3 Å². The Morgan fingerprint density at radius 1 is 1.38 bits per heavy atom. The van der Waals surface area contributed by atoms with Gasteiger partial charge >= 0.3 is 5.97 Å². The summed E-state index contributed by atoms with van der Waals surface area (Å²) in [6.07, 6.45) is 6.44. The molecule has 0 radical (unpaired) electrons. The molecule has 0 unspecified atom stereocenters. The molecule has 13 heavy (non-hydrogen) atoms. The lowest BCUT2D eigenvalue weighted by Gasteiger charge is -2.44. The minimum absolute atomic E-state index is 0.0197. The fourth-order valence-corrected chi connectivity index (χ4v) is 3.13. The highest BCUT2D eigenvalue weighted by atomic mass is 16.6. The molecule has 0 spiro atoms. The molecule has 2 heteroatoms.